The molecule has 0 saturated heterocycles. The molecule has 12 heteroatoms. The molecule has 0 aliphatic carbocycles. The van der Waals surface area contributed by atoms with Gasteiger partial charge in [0.1, 0.15) is 58.8 Å². The van der Waals surface area contributed by atoms with Crippen LogP contribution >= 0.6 is 34.0 Å². The van der Waals surface area contributed by atoms with Crippen LogP contribution in [0.15, 0.2) is 84.1 Å². The average Bonchev–Trinajstić information content (AvgIpc) is 1.54. The fraction of sp³-hybridized carbons (Fsp3) is 0.533. The number of rotatable bonds is 6. The van der Waals surface area contributed by atoms with E-state index in [1.807, 2.05) is 124 Å². The Hall–Kier alpha value is -6.60. The van der Waals surface area contributed by atoms with E-state index in [9.17, 15) is 0 Å². The van der Waals surface area contributed by atoms with Crippen molar-refractivity contribution in [1.82, 2.24) is 0 Å². The number of furan rings is 3. The minimum Gasteiger partial charge on any atom is -0.471 e. The Bertz CT molecular complexity index is 3810. The predicted molar refractivity (Wildman–Crippen MR) is 451 cm³/mol. The lowest BCUT2D eigenvalue weighted by molar-refractivity contribution is -0.685. The van der Waals surface area contributed by atoms with Gasteiger partial charge in [-0.05, 0) is 81.9 Å². The van der Waals surface area contributed by atoms with E-state index in [1.54, 1.807) is 23.9 Å². The second kappa shape index (κ2) is 43.6. The number of hydrogen-bond donors (Lipinski definition) is 0. The standard InChI is InChI=1S/3C13H18NO.3C13H18NS.6C2H6/c1-8(2)13-9(3)11-6-15-7-12(11)10(4)14(13)5;1-8(2)12-9(3)13-11(6-7-15-13)10(4)14(12)5;1-8(2)12-9(3)11-6-7-15-13(11)10(4)14(12)5;1-8(2)13-9(3)11-6-15-7-12(11)10(4)14(13)5;1-8(2)12-9(3)13-11(6-7-15-13)10(4)14(12)5;1-8(2)12-9(3)11-6-7-15-13(11)10(4)14(12)5;6*1-2/h6*6-8H,1-5H3;6*1-2H3/q6*+1;;;;;;. The molecule has 564 valence electrons. The van der Waals surface area contributed by atoms with E-state index in [2.05, 4.69) is 276 Å². The van der Waals surface area contributed by atoms with E-state index in [0.717, 1.165) is 11.2 Å². The molecule has 0 aliphatic heterocycles. The lowest BCUT2D eigenvalue weighted by atomic mass is 9.99. The molecular formula is C90H144N6O3S3+6. The maximum absolute atomic E-state index is 5.56. The molecule has 0 N–H and O–H groups in total. The molecule has 12 aromatic heterocycles. The maximum Gasteiger partial charge on any atom is 0.221 e. The molecule has 102 heavy (non-hydrogen) atoms. The number of nitrogens with zero attached hydrogens (tertiary/aromatic N) is 6. The Balaban J connectivity index is 0.000000593. The van der Waals surface area contributed by atoms with Gasteiger partial charge in [-0.25, -0.2) is 22.8 Å². The van der Waals surface area contributed by atoms with Gasteiger partial charge >= 0.3 is 0 Å². The summed E-state index contributed by atoms with van der Waals surface area (Å²) in [5.74, 6) is 3.33. The maximum atomic E-state index is 5.56. The smallest absolute Gasteiger partial charge is 0.221 e. The fourth-order valence-corrected chi connectivity index (χ4v) is 17.5. The van der Waals surface area contributed by atoms with E-state index >= 15 is 0 Å². The summed E-state index contributed by atoms with van der Waals surface area (Å²) in [5, 5.41) is 19.5. The highest BCUT2D eigenvalue weighted by Gasteiger charge is 2.28. The summed E-state index contributed by atoms with van der Waals surface area (Å²) in [7, 11) is 12.9. The highest BCUT2D eigenvalue weighted by atomic mass is 32.1. The van der Waals surface area contributed by atoms with Gasteiger partial charge in [-0.3, -0.25) is 0 Å². The number of fused-ring (bicyclic) bond motifs is 6. The fourth-order valence-electron chi connectivity index (χ4n) is 14.6. The van der Waals surface area contributed by atoms with Crippen LogP contribution in [0.5, 0.6) is 0 Å². The summed E-state index contributed by atoms with van der Waals surface area (Å²) in [6.45, 7) is 77.2. The van der Waals surface area contributed by atoms with Gasteiger partial charge in [0.25, 0.3) is 0 Å². The molecule has 0 aliphatic rings. The zero-order valence-corrected chi connectivity index (χ0v) is 75.0. The quantitative estimate of drug-likeness (QED) is 0.156. The molecule has 0 spiro atoms. The van der Waals surface area contributed by atoms with Crippen molar-refractivity contribution in [2.45, 2.75) is 285 Å². The lowest BCUT2D eigenvalue weighted by Gasteiger charge is -2.10. The van der Waals surface area contributed by atoms with Crippen LogP contribution < -0.4 is 27.4 Å². The highest BCUT2D eigenvalue weighted by Crippen LogP contribution is 2.34. The molecule has 0 atom stereocenters. The molecule has 9 nitrogen and oxygen atoms in total. The van der Waals surface area contributed by atoms with Gasteiger partial charge in [-0.1, -0.05) is 166 Å². The number of thiophene rings is 3. The van der Waals surface area contributed by atoms with Crippen molar-refractivity contribution in [2.24, 2.45) is 42.3 Å². The van der Waals surface area contributed by atoms with Crippen LogP contribution in [0.1, 0.15) is 303 Å². The molecule has 0 unspecified atom stereocenters. The van der Waals surface area contributed by atoms with Crippen LogP contribution in [0.2, 0.25) is 0 Å². The van der Waals surface area contributed by atoms with E-state index in [4.69, 9.17) is 13.3 Å². The van der Waals surface area contributed by atoms with Crippen molar-refractivity contribution in [3.05, 3.63) is 173 Å². The molecule has 0 aromatic carbocycles. The summed E-state index contributed by atoms with van der Waals surface area (Å²) in [6.07, 6.45) is 7.23. The number of aryl methyl sites for hydroxylation is 12. The van der Waals surface area contributed by atoms with Crippen molar-refractivity contribution in [3.8, 4) is 0 Å². The topological polar surface area (TPSA) is 62.7 Å². The third-order valence-electron chi connectivity index (χ3n) is 19.3. The van der Waals surface area contributed by atoms with Crippen LogP contribution in [0, 0.1) is 83.1 Å². The summed E-state index contributed by atoms with van der Waals surface area (Å²) in [5.41, 5.74) is 26.7. The van der Waals surface area contributed by atoms with Crippen molar-refractivity contribution >= 4 is 97.7 Å². The minimum absolute atomic E-state index is 0.517. The van der Waals surface area contributed by atoms with Crippen LogP contribution in [-0.2, 0) is 42.3 Å². The second-order valence-corrected chi connectivity index (χ2v) is 29.5. The van der Waals surface area contributed by atoms with Gasteiger partial charge in [0.05, 0.1) is 45.9 Å². The minimum atomic E-state index is 0.517. The highest BCUT2D eigenvalue weighted by molar-refractivity contribution is 7.17. The molecule has 12 heterocycles. The van der Waals surface area contributed by atoms with Gasteiger partial charge in [-0.2, -0.15) is 15.9 Å². The second-order valence-electron chi connectivity index (χ2n) is 26.9. The first-order chi connectivity index (χ1) is 48.2. The Morgan fingerprint density at radius 1 is 0.275 bits per heavy atom. The number of pyridine rings is 6. The third-order valence-corrected chi connectivity index (χ3v) is 22.1. The first kappa shape index (κ1) is 93.4. The first-order valence-electron chi connectivity index (χ1n) is 38.4. The van der Waals surface area contributed by atoms with Crippen molar-refractivity contribution in [3.63, 3.8) is 0 Å². The van der Waals surface area contributed by atoms with Gasteiger partial charge in [-0.15, -0.1) is 22.7 Å². The van der Waals surface area contributed by atoms with Crippen molar-refractivity contribution < 1.29 is 40.7 Å². The summed E-state index contributed by atoms with van der Waals surface area (Å²) in [4.78, 5) is 0. The van der Waals surface area contributed by atoms with E-state index in [1.165, 1.54) is 154 Å². The zero-order chi connectivity index (χ0) is 79.0. The molecule has 0 bridgehead atoms. The van der Waals surface area contributed by atoms with Crippen LogP contribution in [0.3, 0.4) is 0 Å². The Morgan fingerprint density at radius 3 is 1.03 bits per heavy atom. The summed E-state index contributed by atoms with van der Waals surface area (Å²) in [6, 6.07) is 8.58. The third kappa shape index (κ3) is 20.5. The Morgan fingerprint density at radius 2 is 0.578 bits per heavy atom. The van der Waals surface area contributed by atoms with Crippen LogP contribution in [0.25, 0.3) is 63.7 Å². The van der Waals surface area contributed by atoms with Crippen molar-refractivity contribution in [2.75, 3.05) is 0 Å². The van der Waals surface area contributed by atoms with Gasteiger partial charge in [0, 0.05) is 136 Å². The largest absolute Gasteiger partial charge is 0.471 e. The Labute approximate surface area is 633 Å². The zero-order valence-electron chi connectivity index (χ0n) is 72.5. The molecule has 0 saturated carbocycles. The van der Waals surface area contributed by atoms with Gasteiger partial charge in [0.2, 0.25) is 11.3 Å². The van der Waals surface area contributed by atoms with Gasteiger partial charge < -0.3 is 13.3 Å². The molecule has 12 rings (SSSR count). The lowest BCUT2D eigenvalue weighted by Crippen LogP contribution is -2.38. The summed E-state index contributed by atoms with van der Waals surface area (Å²) >= 11 is 5.49. The van der Waals surface area contributed by atoms with Crippen LogP contribution in [0.4, 0.5) is 0 Å². The molecule has 12 aromatic rings. The average molecular weight is 1450 g/mol. The number of hydrogen-bond acceptors (Lipinski definition) is 6. The first-order valence-corrected chi connectivity index (χ1v) is 41.1. The predicted octanol–water partition coefficient (Wildman–Crippen LogP) is 25.5. The Kier molecular flexibility index (Phi) is 39.9. The van der Waals surface area contributed by atoms with Crippen LogP contribution in [-0.4, -0.2) is 0 Å². The van der Waals surface area contributed by atoms with Crippen molar-refractivity contribution in [1.29, 1.82) is 0 Å². The molecule has 0 amide bonds. The SMILES string of the molecule is CC.CC.CC.CC.CC.CC.Cc1c(C(C)C)[n+](C)c(C)c2ccoc12.Cc1c(C(C)C)[n+](C)c(C)c2ccsc12.Cc1c(C(C)C)[n+](C)c(C)c2cocc12.Cc1c(C(C)C)[n+](C)c(C)c2cscc12.Cc1c(C(C)C)[n+](C)c(C)c2occc12.Cc1c(C(C)C)[n+](C)c(C)c2sccc12. The van der Waals surface area contributed by atoms with E-state index in [0.29, 0.717) is 35.5 Å². The molecule has 0 radical (unpaired) electrons. The van der Waals surface area contributed by atoms with E-state index < -0.39 is 0 Å². The monoisotopic (exact) mass is 1450 g/mol. The van der Waals surface area contributed by atoms with Gasteiger partial charge in [0.15, 0.2) is 62.6 Å². The number of aromatic nitrogens is 6. The van der Waals surface area contributed by atoms with E-state index in [-0.39, 0.29) is 0 Å². The molecule has 0 fully saturated rings. The molecular weight excluding hydrogens is 1310 g/mol. The summed E-state index contributed by atoms with van der Waals surface area (Å²) < 4.78 is 33.1. The normalized spacial score (nSPS) is 10.6.